The van der Waals surface area contributed by atoms with E-state index >= 15 is 0 Å². The van der Waals surface area contributed by atoms with Gasteiger partial charge in [-0.2, -0.15) is 0 Å². The van der Waals surface area contributed by atoms with Crippen LogP contribution in [0.3, 0.4) is 0 Å². The van der Waals surface area contributed by atoms with Crippen LogP contribution in [0.5, 0.6) is 0 Å². The highest BCUT2D eigenvalue weighted by Crippen LogP contribution is 2.17. The first kappa shape index (κ1) is 16.4. The quantitative estimate of drug-likeness (QED) is 0.718. The number of anilines is 1. The molecule has 1 heterocycles. The van der Waals surface area contributed by atoms with Gasteiger partial charge in [0.1, 0.15) is 6.54 Å². The Hall–Kier alpha value is -1.65. The zero-order valence-electron chi connectivity index (χ0n) is 13.1. The molecule has 0 aliphatic heterocycles. The number of carbonyl (C=O) groups is 1. The molecule has 0 radical (unpaired) electrons. The van der Waals surface area contributed by atoms with Gasteiger partial charge >= 0.3 is 5.97 Å². The molecule has 112 valence electrons. The van der Waals surface area contributed by atoms with Gasteiger partial charge in [0.2, 0.25) is 5.95 Å². The Morgan fingerprint density at radius 2 is 2.05 bits per heavy atom. The van der Waals surface area contributed by atoms with Crippen LogP contribution in [-0.4, -0.2) is 35.6 Å². The fraction of sp³-hybridized carbons (Fsp3) is 0.667. The van der Waals surface area contributed by atoms with Crippen molar-refractivity contribution < 1.29 is 9.53 Å². The third kappa shape index (κ3) is 4.79. The summed E-state index contributed by atoms with van der Waals surface area (Å²) in [5.41, 5.74) is 1.92. The fourth-order valence-electron chi connectivity index (χ4n) is 1.90. The average molecular weight is 279 g/mol. The molecular formula is C15H25N3O2. The number of rotatable bonds is 7. The van der Waals surface area contributed by atoms with E-state index in [1.165, 1.54) is 0 Å². The van der Waals surface area contributed by atoms with Gasteiger partial charge in [0.05, 0.1) is 6.61 Å². The number of hydrogen-bond donors (Lipinski definition) is 0. The lowest BCUT2D eigenvalue weighted by Gasteiger charge is -2.22. The Labute approximate surface area is 121 Å². The highest BCUT2D eigenvalue weighted by molar-refractivity contribution is 5.74. The van der Waals surface area contributed by atoms with Crippen molar-refractivity contribution in [3.05, 3.63) is 17.5 Å². The van der Waals surface area contributed by atoms with Crippen LogP contribution in [0.4, 0.5) is 5.95 Å². The van der Waals surface area contributed by atoms with Crippen LogP contribution in [0.2, 0.25) is 0 Å². The summed E-state index contributed by atoms with van der Waals surface area (Å²) in [6, 6.07) is 1.99. The number of aryl methyl sites for hydroxylation is 1. The summed E-state index contributed by atoms with van der Waals surface area (Å²) in [5, 5.41) is 0. The van der Waals surface area contributed by atoms with Crippen LogP contribution in [0, 0.1) is 6.92 Å². The monoisotopic (exact) mass is 279 g/mol. The third-order valence-corrected chi connectivity index (χ3v) is 2.86. The van der Waals surface area contributed by atoms with E-state index in [0.29, 0.717) is 18.5 Å². The normalized spacial score (nSPS) is 10.7. The van der Waals surface area contributed by atoms with Crippen molar-refractivity contribution in [3.63, 3.8) is 0 Å². The molecular weight excluding hydrogens is 254 g/mol. The van der Waals surface area contributed by atoms with Crippen LogP contribution in [-0.2, 0) is 9.53 Å². The standard InChI is InChI=1S/C15H25N3O2/c1-6-8-18(10-14(19)20-7-2)15-16-12(5)9-13(17-15)11(3)4/h9,11H,6-8,10H2,1-5H3. The Morgan fingerprint density at radius 1 is 1.35 bits per heavy atom. The molecule has 5 nitrogen and oxygen atoms in total. The van der Waals surface area contributed by atoms with Gasteiger partial charge in [0.25, 0.3) is 0 Å². The first-order chi connectivity index (χ1) is 9.47. The Kier molecular flexibility index (Phi) is 6.42. The molecule has 0 amide bonds. The Morgan fingerprint density at radius 3 is 2.60 bits per heavy atom. The van der Waals surface area contributed by atoms with E-state index in [9.17, 15) is 4.79 Å². The van der Waals surface area contributed by atoms with Crippen molar-refractivity contribution in [1.29, 1.82) is 0 Å². The van der Waals surface area contributed by atoms with Gasteiger partial charge in [-0.15, -0.1) is 0 Å². The largest absolute Gasteiger partial charge is 0.465 e. The summed E-state index contributed by atoms with van der Waals surface area (Å²) in [5.74, 6) is 0.710. The van der Waals surface area contributed by atoms with Gasteiger partial charge in [-0.1, -0.05) is 20.8 Å². The second-order valence-corrected chi connectivity index (χ2v) is 5.12. The van der Waals surface area contributed by atoms with Crippen LogP contribution in [0.1, 0.15) is 51.4 Å². The molecule has 1 aromatic heterocycles. The summed E-state index contributed by atoms with van der Waals surface area (Å²) >= 11 is 0. The zero-order chi connectivity index (χ0) is 15.1. The summed E-state index contributed by atoms with van der Waals surface area (Å²) in [7, 11) is 0. The average Bonchev–Trinajstić information content (AvgIpc) is 2.37. The maximum Gasteiger partial charge on any atom is 0.325 e. The molecule has 1 aromatic rings. The summed E-state index contributed by atoms with van der Waals surface area (Å²) < 4.78 is 5.01. The van der Waals surface area contributed by atoms with Crippen LogP contribution in [0.15, 0.2) is 6.07 Å². The van der Waals surface area contributed by atoms with Gasteiger partial charge in [-0.3, -0.25) is 4.79 Å². The summed E-state index contributed by atoms with van der Waals surface area (Å²) in [4.78, 5) is 22.6. The molecule has 0 saturated carbocycles. The van der Waals surface area contributed by atoms with E-state index in [1.807, 2.05) is 24.8 Å². The molecule has 0 aliphatic carbocycles. The predicted octanol–water partition coefficient (Wildman–Crippen LogP) is 2.69. The molecule has 0 atom stereocenters. The van der Waals surface area contributed by atoms with E-state index in [0.717, 1.165) is 24.4 Å². The van der Waals surface area contributed by atoms with Crippen LogP contribution in [0.25, 0.3) is 0 Å². The SMILES string of the molecule is CCCN(CC(=O)OCC)c1nc(C)cc(C(C)C)n1. The number of ether oxygens (including phenoxy) is 1. The van der Waals surface area contributed by atoms with Gasteiger partial charge in [0, 0.05) is 17.9 Å². The Bertz CT molecular complexity index is 447. The van der Waals surface area contributed by atoms with E-state index in [2.05, 4.69) is 30.7 Å². The number of aromatic nitrogens is 2. The minimum Gasteiger partial charge on any atom is -0.465 e. The van der Waals surface area contributed by atoms with Crippen molar-refractivity contribution in [2.45, 2.75) is 47.0 Å². The highest BCUT2D eigenvalue weighted by atomic mass is 16.5. The molecule has 1 rings (SSSR count). The third-order valence-electron chi connectivity index (χ3n) is 2.86. The van der Waals surface area contributed by atoms with Gasteiger partial charge < -0.3 is 9.64 Å². The maximum absolute atomic E-state index is 11.7. The minimum atomic E-state index is -0.239. The first-order valence-corrected chi connectivity index (χ1v) is 7.24. The van der Waals surface area contributed by atoms with Crippen molar-refractivity contribution in [1.82, 2.24) is 9.97 Å². The topological polar surface area (TPSA) is 55.3 Å². The molecule has 20 heavy (non-hydrogen) atoms. The first-order valence-electron chi connectivity index (χ1n) is 7.24. The molecule has 0 aromatic carbocycles. The van der Waals surface area contributed by atoms with Crippen molar-refractivity contribution in [2.75, 3.05) is 24.6 Å². The minimum absolute atomic E-state index is 0.197. The molecule has 0 saturated heterocycles. The Balaban J connectivity index is 2.98. The summed E-state index contributed by atoms with van der Waals surface area (Å²) in [6.45, 7) is 11.3. The molecule has 0 fully saturated rings. The van der Waals surface area contributed by atoms with E-state index in [1.54, 1.807) is 0 Å². The maximum atomic E-state index is 11.7. The lowest BCUT2D eigenvalue weighted by Crippen LogP contribution is -2.33. The van der Waals surface area contributed by atoms with E-state index in [4.69, 9.17) is 4.74 Å². The second-order valence-electron chi connectivity index (χ2n) is 5.12. The predicted molar refractivity (Wildman–Crippen MR) is 80.0 cm³/mol. The van der Waals surface area contributed by atoms with Gasteiger partial charge in [0.15, 0.2) is 0 Å². The van der Waals surface area contributed by atoms with Crippen LogP contribution >= 0.6 is 0 Å². The van der Waals surface area contributed by atoms with Crippen molar-refractivity contribution >= 4 is 11.9 Å². The van der Waals surface area contributed by atoms with Crippen LogP contribution < -0.4 is 4.90 Å². The number of esters is 1. The van der Waals surface area contributed by atoms with E-state index < -0.39 is 0 Å². The second kappa shape index (κ2) is 7.82. The van der Waals surface area contributed by atoms with Gasteiger partial charge in [-0.25, -0.2) is 9.97 Å². The molecule has 0 N–H and O–H groups in total. The summed E-state index contributed by atoms with van der Waals surface area (Å²) in [6.07, 6.45) is 0.924. The molecule has 0 aliphatic rings. The zero-order valence-corrected chi connectivity index (χ0v) is 13.1. The molecule has 5 heteroatoms. The van der Waals surface area contributed by atoms with Crippen molar-refractivity contribution in [3.8, 4) is 0 Å². The van der Waals surface area contributed by atoms with Gasteiger partial charge in [-0.05, 0) is 32.3 Å². The number of nitrogens with zero attached hydrogens (tertiary/aromatic N) is 3. The smallest absolute Gasteiger partial charge is 0.325 e. The molecule has 0 unspecified atom stereocenters. The molecule has 0 bridgehead atoms. The highest BCUT2D eigenvalue weighted by Gasteiger charge is 2.16. The lowest BCUT2D eigenvalue weighted by atomic mass is 10.1. The van der Waals surface area contributed by atoms with E-state index in [-0.39, 0.29) is 12.5 Å². The lowest BCUT2D eigenvalue weighted by molar-refractivity contribution is -0.141. The fourth-order valence-corrected chi connectivity index (χ4v) is 1.90. The number of carbonyl (C=O) groups excluding carboxylic acids is 1. The van der Waals surface area contributed by atoms with Crippen molar-refractivity contribution in [2.24, 2.45) is 0 Å². The molecule has 0 spiro atoms. The number of hydrogen-bond acceptors (Lipinski definition) is 5.